The Morgan fingerprint density at radius 1 is 1.18 bits per heavy atom. The molecule has 0 aromatic heterocycles. The van der Waals surface area contributed by atoms with E-state index in [-0.39, 0.29) is 33.2 Å². The number of benzene rings is 2. The summed E-state index contributed by atoms with van der Waals surface area (Å²) in [7, 11) is 0. The summed E-state index contributed by atoms with van der Waals surface area (Å²) >= 11 is 0. The number of carboxylic acids is 1. The number of anilines is 1. The number of fused-ring (bicyclic) bond motifs is 1. The number of carboxylic acid groups (broad SMARTS) is 1. The van der Waals surface area contributed by atoms with Crippen LogP contribution in [0.4, 0.5) is 11.4 Å². The van der Waals surface area contributed by atoms with Crippen LogP contribution < -0.4 is 5.73 Å². The molecule has 0 unspecified atom stereocenters. The van der Waals surface area contributed by atoms with Crippen LogP contribution in [-0.2, 0) is 0 Å². The Balaban J connectivity index is 0.000000170. The number of nitrogens with two attached hydrogens (primary N) is 1. The van der Waals surface area contributed by atoms with E-state index >= 15 is 0 Å². The fourth-order valence-electron chi connectivity index (χ4n) is 1.96. The molecule has 3 rings (SSSR count). The van der Waals surface area contributed by atoms with Gasteiger partial charge in [0.25, 0.3) is 5.69 Å². The molecule has 0 spiro atoms. The van der Waals surface area contributed by atoms with E-state index in [0.29, 0.717) is 0 Å². The molecule has 7 heteroatoms. The van der Waals surface area contributed by atoms with Crippen LogP contribution in [0.25, 0.3) is 11.1 Å². The van der Waals surface area contributed by atoms with E-state index in [2.05, 4.69) is 0 Å². The summed E-state index contributed by atoms with van der Waals surface area (Å²) in [5.41, 5.74) is 7.79. The third-order valence-corrected chi connectivity index (χ3v) is 3.14. The van der Waals surface area contributed by atoms with Gasteiger partial charge in [-0.1, -0.05) is 6.07 Å². The second kappa shape index (κ2) is 5.65. The van der Waals surface area contributed by atoms with Crippen LogP contribution in [0.1, 0.15) is 27.6 Å². The lowest BCUT2D eigenvalue weighted by Crippen LogP contribution is -2.07. The van der Waals surface area contributed by atoms with Gasteiger partial charge < -0.3 is 10.8 Å². The van der Waals surface area contributed by atoms with Gasteiger partial charge in [0.2, 0.25) is 0 Å². The molecule has 22 heavy (non-hydrogen) atoms. The zero-order valence-electron chi connectivity index (χ0n) is 11.6. The Morgan fingerprint density at radius 3 is 2.18 bits per heavy atom. The number of aromatic carboxylic acids is 1. The number of Topliss-reactive ketones (excluding diaryl/α,β-unsaturated/α-hetero) is 1. The first-order chi connectivity index (χ1) is 10.3. The molecule has 1 aromatic rings. The number of ketones is 1. The van der Waals surface area contributed by atoms with E-state index in [1.807, 2.05) is 0 Å². The van der Waals surface area contributed by atoms with Gasteiger partial charge in [0.05, 0.1) is 21.7 Å². The standard InChI is InChI=1S/C9H9NO3.C6H3NO2/c1-5(11)6-3-2-4-7(8(6)10)9(12)13;8-7(9)6-2-1-4-3-5(4)6/h2-4H,10H2,1H3,(H,12,13);1-3H. The number of hydrogen-bond donors (Lipinski definition) is 2. The van der Waals surface area contributed by atoms with Gasteiger partial charge in [-0.05, 0) is 36.8 Å². The van der Waals surface area contributed by atoms with Crippen molar-refractivity contribution in [1.82, 2.24) is 0 Å². The molecule has 0 saturated heterocycles. The van der Waals surface area contributed by atoms with E-state index in [0.717, 1.165) is 11.1 Å². The molecular weight excluding hydrogens is 288 g/mol. The first kappa shape index (κ1) is 15.2. The smallest absolute Gasteiger partial charge is 0.337 e. The van der Waals surface area contributed by atoms with Gasteiger partial charge in [-0.15, -0.1) is 0 Å². The minimum absolute atomic E-state index is 0.0301. The Labute approximate surface area is 125 Å². The molecule has 0 aliphatic heterocycles. The van der Waals surface area contributed by atoms with Crippen LogP contribution in [0.15, 0.2) is 36.4 Å². The van der Waals surface area contributed by atoms with Crippen LogP contribution in [0, 0.1) is 10.1 Å². The summed E-state index contributed by atoms with van der Waals surface area (Å²) in [5, 5.41) is 18.8. The largest absolute Gasteiger partial charge is 0.478 e. The minimum atomic E-state index is -1.12. The maximum Gasteiger partial charge on any atom is 0.337 e. The van der Waals surface area contributed by atoms with Crippen LogP contribution in [0.2, 0.25) is 0 Å². The van der Waals surface area contributed by atoms with Crippen molar-refractivity contribution >= 4 is 23.1 Å². The summed E-state index contributed by atoms with van der Waals surface area (Å²) < 4.78 is 0. The molecule has 2 aliphatic rings. The first-order valence-electron chi connectivity index (χ1n) is 6.24. The first-order valence-corrected chi connectivity index (χ1v) is 6.24. The molecule has 2 aliphatic carbocycles. The Morgan fingerprint density at radius 2 is 1.82 bits per heavy atom. The van der Waals surface area contributed by atoms with E-state index in [1.165, 1.54) is 31.2 Å². The highest BCUT2D eigenvalue weighted by atomic mass is 16.6. The average Bonchev–Trinajstić information content (AvgIpc) is 3.08. The van der Waals surface area contributed by atoms with Crippen molar-refractivity contribution in [2.75, 3.05) is 5.73 Å². The monoisotopic (exact) mass is 300 g/mol. The summed E-state index contributed by atoms with van der Waals surface area (Å²) in [6.07, 6.45) is 0. The highest BCUT2D eigenvalue weighted by Crippen LogP contribution is 2.42. The highest BCUT2D eigenvalue weighted by Gasteiger charge is 2.24. The molecule has 0 heterocycles. The molecule has 0 fully saturated rings. The molecule has 0 saturated carbocycles. The Kier molecular flexibility index (Phi) is 3.89. The van der Waals surface area contributed by atoms with Gasteiger partial charge in [0, 0.05) is 11.6 Å². The average molecular weight is 300 g/mol. The van der Waals surface area contributed by atoms with Crippen LogP contribution in [-0.4, -0.2) is 21.8 Å². The highest BCUT2D eigenvalue weighted by molar-refractivity contribution is 6.05. The van der Waals surface area contributed by atoms with Crippen molar-refractivity contribution in [3.05, 3.63) is 57.6 Å². The fourth-order valence-corrected chi connectivity index (χ4v) is 1.96. The zero-order chi connectivity index (χ0) is 16.4. The van der Waals surface area contributed by atoms with Crippen LogP contribution >= 0.6 is 0 Å². The summed E-state index contributed by atoms with van der Waals surface area (Å²) in [6.45, 7) is 1.34. The molecule has 0 atom stereocenters. The number of carbonyl (C=O) groups is 2. The molecule has 0 bridgehead atoms. The zero-order valence-corrected chi connectivity index (χ0v) is 11.6. The number of nitro groups is 1. The second-order valence-electron chi connectivity index (χ2n) is 4.62. The van der Waals surface area contributed by atoms with E-state index < -0.39 is 5.97 Å². The van der Waals surface area contributed by atoms with E-state index in [9.17, 15) is 19.7 Å². The second-order valence-corrected chi connectivity index (χ2v) is 4.62. The maximum atomic E-state index is 11.0. The normalized spacial score (nSPS) is 10.2. The van der Waals surface area contributed by atoms with Crippen LogP contribution in [0.5, 0.6) is 0 Å². The SMILES string of the molecule is CC(=O)c1cccc(C(=O)O)c1N.O=[N+]([O-])c1ccc2cc1-2. The number of carbonyl (C=O) groups excluding carboxylic acids is 1. The predicted molar refractivity (Wildman–Crippen MR) is 79.9 cm³/mol. The molecule has 3 N–H and O–H groups in total. The fraction of sp³-hybridized carbons (Fsp3) is 0.0667. The molecule has 0 amide bonds. The minimum Gasteiger partial charge on any atom is -0.478 e. The lowest BCUT2D eigenvalue weighted by atomic mass is 10.0. The van der Waals surface area contributed by atoms with Gasteiger partial charge in [-0.3, -0.25) is 14.9 Å². The van der Waals surface area contributed by atoms with Crippen molar-refractivity contribution in [2.24, 2.45) is 0 Å². The Hall–Kier alpha value is -3.22. The van der Waals surface area contributed by atoms with Gasteiger partial charge in [-0.2, -0.15) is 0 Å². The number of rotatable bonds is 3. The maximum absolute atomic E-state index is 11.0. The molecule has 1 aromatic carbocycles. The molecule has 112 valence electrons. The number of para-hydroxylation sites is 1. The van der Waals surface area contributed by atoms with Crippen LogP contribution in [0.3, 0.4) is 0 Å². The van der Waals surface area contributed by atoms with Gasteiger partial charge in [0.15, 0.2) is 5.78 Å². The van der Waals surface area contributed by atoms with E-state index in [4.69, 9.17) is 10.8 Å². The topological polar surface area (TPSA) is 124 Å². The Bertz CT molecular complexity index is 766. The number of nitrogen functional groups attached to an aromatic ring is 1. The van der Waals surface area contributed by atoms with Crippen molar-refractivity contribution in [3.63, 3.8) is 0 Å². The lowest BCUT2D eigenvalue weighted by Gasteiger charge is -2.04. The van der Waals surface area contributed by atoms with Crippen molar-refractivity contribution in [1.29, 1.82) is 0 Å². The number of nitro benzene ring substituents is 1. The third-order valence-electron chi connectivity index (χ3n) is 3.14. The molecule has 0 radical (unpaired) electrons. The quantitative estimate of drug-likeness (QED) is 0.332. The van der Waals surface area contributed by atoms with Gasteiger partial charge in [0.1, 0.15) is 0 Å². The van der Waals surface area contributed by atoms with Gasteiger partial charge in [-0.25, -0.2) is 4.79 Å². The molecule has 7 nitrogen and oxygen atoms in total. The lowest BCUT2D eigenvalue weighted by molar-refractivity contribution is -0.383. The van der Waals surface area contributed by atoms with Crippen molar-refractivity contribution in [2.45, 2.75) is 6.92 Å². The number of nitrogens with zero attached hydrogens (tertiary/aromatic N) is 1. The summed E-state index contributed by atoms with van der Waals surface area (Å²) in [4.78, 5) is 31.3. The van der Waals surface area contributed by atoms with Gasteiger partial charge >= 0.3 is 5.97 Å². The predicted octanol–water partition coefficient (Wildman–Crippen LogP) is 2.74. The third kappa shape index (κ3) is 2.93. The molecular formula is C15H12N2O5. The van der Waals surface area contributed by atoms with Crippen molar-refractivity contribution < 1.29 is 19.6 Å². The van der Waals surface area contributed by atoms with Crippen molar-refractivity contribution in [3.8, 4) is 11.1 Å². The number of hydrogen-bond acceptors (Lipinski definition) is 5. The summed E-state index contributed by atoms with van der Waals surface area (Å²) in [5.74, 6) is -1.36. The summed E-state index contributed by atoms with van der Waals surface area (Å²) in [6, 6.07) is 9.46. The van der Waals surface area contributed by atoms with E-state index in [1.54, 1.807) is 12.1 Å².